The first-order chi connectivity index (χ1) is 11.2. The number of nitrogens with zero attached hydrogens (tertiary/aromatic N) is 3. The van der Waals surface area contributed by atoms with Crippen molar-refractivity contribution in [2.24, 2.45) is 5.92 Å². The minimum atomic E-state index is -0.222. The maximum Gasteiger partial charge on any atom is 0.228 e. The van der Waals surface area contributed by atoms with E-state index in [1.54, 1.807) is 29.5 Å². The maximum absolute atomic E-state index is 13.0. The van der Waals surface area contributed by atoms with Gasteiger partial charge in [0.25, 0.3) is 0 Å². The van der Waals surface area contributed by atoms with E-state index in [1.165, 1.54) is 0 Å². The summed E-state index contributed by atoms with van der Waals surface area (Å²) in [5.41, 5.74) is 0. The molecule has 2 saturated heterocycles. The summed E-state index contributed by atoms with van der Waals surface area (Å²) in [4.78, 5) is 33.1. The number of rotatable bonds is 5. The Morgan fingerprint density at radius 2 is 2.35 bits per heavy atom. The van der Waals surface area contributed by atoms with Gasteiger partial charge in [-0.2, -0.15) is 0 Å². The molecular weight excluding hydrogens is 314 g/mol. The number of amides is 2. The summed E-state index contributed by atoms with van der Waals surface area (Å²) in [7, 11) is 1.62. The molecule has 23 heavy (non-hydrogen) atoms. The summed E-state index contributed by atoms with van der Waals surface area (Å²) < 4.78 is 5.03. The molecular formula is C16H23N3O3S. The van der Waals surface area contributed by atoms with Crippen molar-refractivity contribution < 1.29 is 14.3 Å². The van der Waals surface area contributed by atoms with Crippen LogP contribution in [0.3, 0.4) is 0 Å². The van der Waals surface area contributed by atoms with Crippen molar-refractivity contribution in [3.05, 3.63) is 16.6 Å². The predicted octanol–water partition coefficient (Wildman–Crippen LogP) is 1.69. The molecule has 0 saturated carbocycles. The van der Waals surface area contributed by atoms with E-state index in [0.29, 0.717) is 26.1 Å². The van der Waals surface area contributed by atoms with Crippen molar-refractivity contribution in [1.29, 1.82) is 0 Å². The minimum Gasteiger partial charge on any atom is -0.383 e. The van der Waals surface area contributed by atoms with Gasteiger partial charge in [-0.15, -0.1) is 11.3 Å². The molecule has 1 aromatic rings. The van der Waals surface area contributed by atoms with Crippen LogP contribution in [0.1, 0.15) is 36.7 Å². The lowest BCUT2D eigenvalue weighted by Crippen LogP contribution is -2.42. The van der Waals surface area contributed by atoms with E-state index in [1.807, 2.05) is 10.3 Å². The highest BCUT2D eigenvalue weighted by atomic mass is 32.1. The highest BCUT2D eigenvalue weighted by Crippen LogP contribution is 2.34. The van der Waals surface area contributed by atoms with Crippen LogP contribution in [-0.2, 0) is 14.3 Å². The molecule has 2 atom stereocenters. The van der Waals surface area contributed by atoms with E-state index >= 15 is 0 Å². The van der Waals surface area contributed by atoms with E-state index in [4.69, 9.17) is 4.74 Å². The van der Waals surface area contributed by atoms with Crippen LogP contribution in [-0.4, -0.2) is 59.9 Å². The van der Waals surface area contributed by atoms with Crippen LogP contribution < -0.4 is 0 Å². The summed E-state index contributed by atoms with van der Waals surface area (Å²) in [6.45, 7) is 2.36. The molecule has 2 fully saturated rings. The summed E-state index contributed by atoms with van der Waals surface area (Å²) in [6, 6.07) is 0.0828. The Morgan fingerprint density at radius 1 is 1.48 bits per heavy atom. The van der Waals surface area contributed by atoms with Gasteiger partial charge >= 0.3 is 0 Å². The number of piperidine rings is 1. The average Bonchev–Trinajstić information content (AvgIpc) is 3.22. The van der Waals surface area contributed by atoms with Crippen LogP contribution in [0.15, 0.2) is 11.6 Å². The van der Waals surface area contributed by atoms with Crippen molar-refractivity contribution >= 4 is 23.2 Å². The number of likely N-dealkylation sites (tertiary alicyclic amines) is 2. The summed E-state index contributed by atoms with van der Waals surface area (Å²) in [5, 5.41) is 2.97. The largest absolute Gasteiger partial charge is 0.383 e. The molecule has 0 bridgehead atoms. The van der Waals surface area contributed by atoms with Gasteiger partial charge in [0, 0.05) is 44.7 Å². The standard InChI is InChI=1S/C16H23N3O3S/c1-22-8-7-18-11-12(10-14(18)20)16(21)19-6-3-2-4-13(19)15-17-5-9-23-15/h5,9,12-13H,2-4,6-8,10-11H2,1H3/t12-,13+/m1/s1. The molecule has 6 nitrogen and oxygen atoms in total. The second-order valence-corrected chi connectivity index (χ2v) is 7.07. The Bertz CT molecular complexity index is 549. The van der Waals surface area contributed by atoms with Crippen LogP contribution in [0.25, 0.3) is 0 Å². The molecule has 0 spiro atoms. The van der Waals surface area contributed by atoms with Crippen LogP contribution in [0.4, 0.5) is 0 Å². The van der Waals surface area contributed by atoms with Crippen molar-refractivity contribution in [3.8, 4) is 0 Å². The molecule has 0 aliphatic carbocycles. The number of hydrogen-bond donors (Lipinski definition) is 0. The highest BCUT2D eigenvalue weighted by Gasteiger charge is 2.39. The number of hydrogen-bond acceptors (Lipinski definition) is 5. The monoisotopic (exact) mass is 337 g/mol. The van der Waals surface area contributed by atoms with Gasteiger partial charge in [0.15, 0.2) is 0 Å². The molecule has 0 unspecified atom stereocenters. The first-order valence-electron chi connectivity index (χ1n) is 8.17. The lowest BCUT2D eigenvalue weighted by atomic mass is 9.99. The molecule has 2 aliphatic rings. The smallest absolute Gasteiger partial charge is 0.228 e. The van der Waals surface area contributed by atoms with Crippen LogP contribution in [0.5, 0.6) is 0 Å². The van der Waals surface area contributed by atoms with E-state index in [2.05, 4.69) is 4.98 Å². The van der Waals surface area contributed by atoms with Gasteiger partial charge in [-0.25, -0.2) is 4.98 Å². The number of carbonyl (C=O) groups excluding carboxylic acids is 2. The zero-order chi connectivity index (χ0) is 16.2. The van der Waals surface area contributed by atoms with Crippen molar-refractivity contribution in [2.45, 2.75) is 31.7 Å². The van der Waals surface area contributed by atoms with Gasteiger partial charge in [-0.3, -0.25) is 9.59 Å². The van der Waals surface area contributed by atoms with E-state index in [0.717, 1.165) is 30.8 Å². The number of methoxy groups -OCH3 is 1. The number of thiazole rings is 1. The highest BCUT2D eigenvalue weighted by molar-refractivity contribution is 7.09. The molecule has 0 radical (unpaired) electrons. The average molecular weight is 337 g/mol. The van der Waals surface area contributed by atoms with Crippen molar-refractivity contribution in [1.82, 2.24) is 14.8 Å². The number of aromatic nitrogens is 1. The number of carbonyl (C=O) groups is 2. The van der Waals surface area contributed by atoms with Gasteiger partial charge in [0.2, 0.25) is 11.8 Å². The fraction of sp³-hybridized carbons (Fsp3) is 0.688. The van der Waals surface area contributed by atoms with Gasteiger partial charge < -0.3 is 14.5 Å². The molecule has 1 aromatic heterocycles. The fourth-order valence-electron chi connectivity index (χ4n) is 3.44. The Kier molecular flexibility index (Phi) is 5.27. The summed E-state index contributed by atoms with van der Waals surface area (Å²) in [6.07, 6.45) is 5.24. The Hall–Kier alpha value is -1.47. The third kappa shape index (κ3) is 3.55. The van der Waals surface area contributed by atoms with Crippen LogP contribution in [0, 0.1) is 5.92 Å². The Labute approximate surface area is 140 Å². The minimum absolute atomic E-state index is 0.0585. The first kappa shape index (κ1) is 16.4. The molecule has 2 amide bonds. The van der Waals surface area contributed by atoms with Crippen LogP contribution >= 0.6 is 11.3 Å². The molecule has 7 heteroatoms. The van der Waals surface area contributed by atoms with Gasteiger partial charge in [0.05, 0.1) is 18.6 Å². The van der Waals surface area contributed by atoms with Gasteiger partial charge in [0.1, 0.15) is 5.01 Å². The quantitative estimate of drug-likeness (QED) is 0.820. The normalized spacial score (nSPS) is 25.2. The lowest BCUT2D eigenvalue weighted by Gasteiger charge is -2.36. The van der Waals surface area contributed by atoms with Crippen molar-refractivity contribution in [2.75, 3.05) is 33.4 Å². The lowest BCUT2D eigenvalue weighted by molar-refractivity contribution is -0.139. The Balaban J connectivity index is 1.68. The van der Waals surface area contributed by atoms with Crippen LogP contribution in [0.2, 0.25) is 0 Å². The SMILES string of the molecule is COCCN1C[C@H](C(=O)N2CCCC[C@H]2c2nccs2)CC1=O. The third-order valence-electron chi connectivity index (χ3n) is 4.65. The fourth-order valence-corrected chi connectivity index (χ4v) is 4.23. The second kappa shape index (κ2) is 7.40. The van der Waals surface area contributed by atoms with E-state index in [9.17, 15) is 9.59 Å². The molecule has 126 valence electrons. The molecule has 0 N–H and O–H groups in total. The van der Waals surface area contributed by atoms with Gasteiger partial charge in [-0.05, 0) is 19.3 Å². The second-order valence-electron chi connectivity index (χ2n) is 6.15. The summed E-state index contributed by atoms with van der Waals surface area (Å²) in [5.74, 6) is -0.0544. The van der Waals surface area contributed by atoms with E-state index in [-0.39, 0.29) is 23.8 Å². The molecule has 3 heterocycles. The zero-order valence-electron chi connectivity index (χ0n) is 13.4. The predicted molar refractivity (Wildman–Crippen MR) is 87.0 cm³/mol. The van der Waals surface area contributed by atoms with Crippen molar-refractivity contribution in [3.63, 3.8) is 0 Å². The Morgan fingerprint density at radius 3 is 3.09 bits per heavy atom. The first-order valence-corrected chi connectivity index (χ1v) is 9.05. The van der Waals surface area contributed by atoms with E-state index < -0.39 is 0 Å². The molecule has 0 aromatic carbocycles. The summed E-state index contributed by atoms with van der Waals surface area (Å²) >= 11 is 1.61. The van der Waals surface area contributed by atoms with Gasteiger partial charge in [-0.1, -0.05) is 0 Å². The zero-order valence-corrected chi connectivity index (χ0v) is 14.3. The third-order valence-corrected chi connectivity index (χ3v) is 5.53. The molecule has 3 rings (SSSR count). The number of ether oxygens (including phenoxy) is 1. The maximum atomic E-state index is 13.0. The topological polar surface area (TPSA) is 62.7 Å². The molecule has 2 aliphatic heterocycles.